The first-order valence-corrected chi connectivity index (χ1v) is 14.5. The molecule has 1 saturated heterocycles. The molecule has 1 aliphatic carbocycles. The van der Waals surface area contributed by atoms with Crippen LogP contribution in [-0.2, 0) is 19.1 Å². The largest absolute Gasteiger partial charge is 0.482 e. The molecule has 2 heterocycles. The van der Waals surface area contributed by atoms with E-state index in [2.05, 4.69) is 52.0 Å². The zero-order valence-corrected chi connectivity index (χ0v) is 25.0. The number of esters is 2. The molecule has 4 rings (SSSR count). The van der Waals surface area contributed by atoms with Crippen LogP contribution in [0.25, 0.3) is 10.4 Å². The van der Waals surface area contributed by atoms with Gasteiger partial charge in [0, 0.05) is 17.0 Å². The lowest BCUT2D eigenvalue weighted by Gasteiger charge is -2.45. The second-order valence-electron chi connectivity index (χ2n) is 12.5. The van der Waals surface area contributed by atoms with Crippen molar-refractivity contribution in [1.82, 2.24) is 4.90 Å². The Hall–Kier alpha value is -2.87. The third-order valence-electron chi connectivity index (χ3n) is 8.02. The van der Waals surface area contributed by atoms with Crippen molar-refractivity contribution in [3.63, 3.8) is 0 Å². The number of carbonyl (C=O) groups is 3. The molecule has 7 nitrogen and oxygen atoms in total. The van der Waals surface area contributed by atoms with Crippen LogP contribution in [0.2, 0.25) is 0 Å². The van der Waals surface area contributed by atoms with E-state index in [9.17, 15) is 14.4 Å². The molecule has 0 radical (unpaired) electrons. The lowest BCUT2D eigenvalue weighted by molar-refractivity contribution is -0.151. The molecule has 0 spiro atoms. The van der Waals surface area contributed by atoms with E-state index in [1.165, 1.54) is 42.4 Å². The van der Waals surface area contributed by atoms with E-state index in [0.717, 1.165) is 35.3 Å². The Labute approximate surface area is 235 Å². The number of amides is 1. The Morgan fingerprint density at radius 1 is 1.05 bits per heavy atom. The van der Waals surface area contributed by atoms with Crippen molar-refractivity contribution in [2.24, 2.45) is 10.8 Å². The summed E-state index contributed by atoms with van der Waals surface area (Å²) in [5.41, 5.74) is 3.67. The van der Waals surface area contributed by atoms with Crippen LogP contribution in [0.4, 0.5) is 0 Å². The molecule has 1 atom stereocenters. The number of thiophene rings is 1. The van der Waals surface area contributed by atoms with Gasteiger partial charge >= 0.3 is 11.9 Å². The maximum absolute atomic E-state index is 13.0. The third-order valence-corrected chi connectivity index (χ3v) is 9.33. The summed E-state index contributed by atoms with van der Waals surface area (Å²) in [7, 11) is 2.66. The predicted octanol–water partition coefficient (Wildman–Crippen LogP) is 6.37. The van der Waals surface area contributed by atoms with Crippen LogP contribution >= 0.6 is 11.3 Å². The number of nitrogens with zero attached hydrogens (tertiary/aromatic N) is 1. The van der Waals surface area contributed by atoms with Crippen molar-refractivity contribution in [2.75, 3.05) is 27.4 Å². The fourth-order valence-electron chi connectivity index (χ4n) is 6.85. The lowest BCUT2D eigenvalue weighted by Crippen LogP contribution is -2.43. The fraction of sp³-hybridized carbons (Fsp3) is 0.581. The van der Waals surface area contributed by atoms with Crippen LogP contribution < -0.4 is 4.74 Å². The summed E-state index contributed by atoms with van der Waals surface area (Å²) in [4.78, 5) is 40.6. The molecule has 212 valence electrons. The van der Waals surface area contributed by atoms with Crippen LogP contribution in [0.3, 0.4) is 0 Å². The number of methoxy groups -OCH3 is 2. The Morgan fingerprint density at radius 2 is 1.74 bits per heavy atom. The molecule has 1 aromatic heterocycles. The van der Waals surface area contributed by atoms with E-state index >= 15 is 0 Å². The zero-order valence-electron chi connectivity index (χ0n) is 24.2. The quantitative estimate of drug-likeness (QED) is 0.369. The molecule has 2 aromatic rings. The molecule has 0 bridgehead atoms. The topological polar surface area (TPSA) is 82.1 Å². The van der Waals surface area contributed by atoms with E-state index < -0.39 is 18.0 Å². The van der Waals surface area contributed by atoms with Crippen LogP contribution in [0.1, 0.15) is 86.5 Å². The SMILES string of the molecule is COC(=O)c1sc(-c2cccc(C3CC(C)(C)CC(C)(C)C3)c2)c(C)c1OCC(=O)N1CCCC1C(=O)OC. The summed E-state index contributed by atoms with van der Waals surface area (Å²) in [6.07, 6.45) is 4.78. The average Bonchev–Trinajstić information content (AvgIpc) is 3.49. The van der Waals surface area contributed by atoms with E-state index in [4.69, 9.17) is 14.2 Å². The minimum absolute atomic E-state index is 0.273. The van der Waals surface area contributed by atoms with Gasteiger partial charge in [-0.3, -0.25) is 4.79 Å². The van der Waals surface area contributed by atoms with Gasteiger partial charge in [0.25, 0.3) is 5.91 Å². The number of hydrogen-bond donors (Lipinski definition) is 0. The van der Waals surface area contributed by atoms with Crippen molar-refractivity contribution in [3.05, 3.63) is 40.3 Å². The number of ether oxygens (including phenoxy) is 3. The summed E-state index contributed by atoms with van der Waals surface area (Å²) >= 11 is 1.32. The van der Waals surface area contributed by atoms with Crippen LogP contribution in [0.5, 0.6) is 5.75 Å². The third kappa shape index (κ3) is 6.32. The molecule has 2 aliphatic rings. The molecular formula is C31H41NO6S. The number of carbonyl (C=O) groups excluding carboxylic acids is 3. The summed E-state index contributed by atoms with van der Waals surface area (Å²) in [5.74, 6) is -0.419. The van der Waals surface area contributed by atoms with Crippen molar-refractivity contribution in [3.8, 4) is 16.2 Å². The smallest absolute Gasteiger partial charge is 0.351 e. The molecule has 2 fully saturated rings. The van der Waals surface area contributed by atoms with Gasteiger partial charge in [-0.1, -0.05) is 52.0 Å². The highest BCUT2D eigenvalue weighted by Gasteiger charge is 2.39. The molecular weight excluding hydrogens is 514 g/mol. The Morgan fingerprint density at radius 3 is 2.38 bits per heavy atom. The van der Waals surface area contributed by atoms with E-state index in [1.54, 1.807) is 0 Å². The molecule has 1 amide bonds. The van der Waals surface area contributed by atoms with Crippen LogP contribution in [0.15, 0.2) is 24.3 Å². The van der Waals surface area contributed by atoms with E-state index in [0.29, 0.717) is 29.5 Å². The maximum atomic E-state index is 13.0. The molecule has 1 aliphatic heterocycles. The maximum Gasteiger partial charge on any atom is 0.351 e. The van der Waals surface area contributed by atoms with E-state index in [1.807, 2.05) is 6.92 Å². The van der Waals surface area contributed by atoms with Gasteiger partial charge in [-0.25, -0.2) is 9.59 Å². The molecule has 1 saturated carbocycles. The molecule has 8 heteroatoms. The van der Waals surface area contributed by atoms with Gasteiger partial charge in [-0.15, -0.1) is 11.3 Å². The molecule has 0 N–H and O–H groups in total. The molecule has 1 aromatic carbocycles. The predicted molar refractivity (Wildman–Crippen MR) is 152 cm³/mol. The number of likely N-dealkylation sites (tertiary alicyclic amines) is 1. The number of hydrogen-bond acceptors (Lipinski definition) is 7. The minimum atomic E-state index is -0.595. The van der Waals surface area contributed by atoms with Crippen molar-refractivity contribution in [2.45, 2.75) is 78.7 Å². The first-order valence-electron chi connectivity index (χ1n) is 13.7. The first-order chi connectivity index (χ1) is 18.4. The van der Waals surface area contributed by atoms with Gasteiger partial charge in [0.15, 0.2) is 11.5 Å². The normalized spacial score (nSPS) is 20.5. The summed E-state index contributed by atoms with van der Waals surface area (Å²) in [6, 6.07) is 7.99. The second-order valence-corrected chi connectivity index (χ2v) is 13.5. The summed E-state index contributed by atoms with van der Waals surface area (Å²) in [5, 5.41) is 0. The standard InChI is InChI=1S/C31H41NO6S/c1-19-25(38-17-24(33)32-13-9-12-23(32)28(34)36-6)27(29(35)37-7)39-26(19)21-11-8-10-20(14-21)22-15-30(2,3)18-31(4,5)16-22/h8,10-11,14,22-23H,9,12-13,15-18H2,1-7H3. The van der Waals surface area contributed by atoms with Gasteiger partial charge < -0.3 is 19.1 Å². The Balaban J connectivity index is 1.61. The summed E-state index contributed by atoms with van der Waals surface area (Å²) in [6.45, 7) is 11.5. The monoisotopic (exact) mass is 555 g/mol. The first kappa shape index (κ1) is 29.1. The van der Waals surface area contributed by atoms with Gasteiger partial charge in [-0.05, 0) is 66.9 Å². The molecule has 39 heavy (non-hydrogen) atoms. The zero-order chi connectivity index (χ0) is 28.5. The number of benzene rings is 1. The molecule has 1 unspecified atom stereocenters. The minimum Gasteiger partial charge on any atom is -0.482 e. The van der Waals surface area contributed by atoms with Crippen molar-refractivity contribution in [1.29, 1.82) is 0 Å². The Kier molecular flexibility index (Phi) is 8.45. The average molecular weight is 556 g/mol. The van der Waals surface area contributed by atoms with Crippen molar-refractivity contribution >= 4 is 29.2 Å². The highest BCUT2D eigenvalue weighted by atomic mass is 32.1. The van der Waals surface area contributed by atoms with Crippen LogP contribution in [-0.4, -0.2) is 56.2 Å². The number of rotatable bonds is 7. The van der Waals surface area contributed by atoms with Gasteiger partial charge in [0.2, 0.25) is 0 Å². The van der Waals surface area contributed by atoms with Crippen molar-refractivity contribution < 1.29 is 28.6 Å². The van der Waals surface area contributed by atoms with Crippen LogP contribution in [0, 0.1) is 17.8 Å². The van der Waals surface area contributed by atoms with Gasteiger partial charge in [-0.2, -0.15) is 0 Å². The Bertz CT molecular complexity index is 1230. The second kappa shape index (κ2) is 11.3. The summed E-state index contributed by atoms with van der Waals surface area (Å²) < 4.78 is 15.9. The van der Waals surface area contributed by atoms with Gasteiger partial charge in [0.05, 0.1) is 14.2 Å². The van der Waals surface area contributed by atoms with Gasteiger partial charge in [0.1, 0.15) is 11.8 Å². The lowest BCUT2D eigenvalue weighted by atomic mass is 9.60. The van der Waals surface area contributed by atoms with E-state index in [-0.39, 0.29) is 23.3 Å². The highest BCUT2D eigenvalue weighted by molar-refractivity contribution is 7.18. The fourth-order valence-corrected chi connectivity index (χ4v) is 8.02. The highest BCUT2D eigenvalue weighted by Crippen LogP contribution is 2.52.